The van der Waals surface area contributed by atoms with E-state index >= 15 is 0 Å². The maximum absolute atomic E-state index is 12.6. The lowest BCUT2D eigenvalue weighted by Crippen LogP contribution is -2.02. The van der Waals surface area contributed by atoms with E-state index in [1.807, 2.05) is 0 Å². The summed E-state index contributed by atoms with van der Waals surface area (Å²) in [5.41, 5.74) is 0.0780. The Morgan fingerprint density at radius 3 is 2.47 bits per heavy atom. The molecule has 0 saturated carbocycles. The van der Waals surface area contributed by atoms with Gasteiger partial charge in [0.05, 0.1) is 19.9 Å². The van der Waals surface area contributed by atoms with Crippen LogP contribution in [0.3, 0.4) is 0 Å². The zero-order valence-electron chi connectivity index (χ0n) is 8.26. The second-order valence-electron chi connectivity index (χ2n) is 2.67. The van der Waals surface area contributed by atoms with Gasteiger partial charge in [0, 0.05) is 11.4 Å². The molecule has 84 valence electrons. The van der Waals surface area contributed by atoms with E-state index in [9.17, 15) is 8.78 Å². The highest BCUT2D eigenvalue weighted by atomic mass is 79.9. The van der Waals surface area contributed by atoms with Crippen LogP contribution in [0.5, 0.6) is 11.5 Å². The van der Waals surface area contributed by atoms with Crippen LogP contribution in [0.15, 0.2) is 6.07 Å². The number of pyridine rings is 1. The summed E-state index contributed by atoms with van der Waals surface area (Å²) >= 11 is 3.15. The van der Waals surface area contributed by atoms with E-state index in [-0.39, 0.29) is 11.5 Å². The molecule has 0 aliphatic carbocycles. The van der Waals surface area contributed by atoms with E-state index in [2.05, 4.69) is 20.9 Å². The van der Waals surface area contributed by atoms with Crippen molar-refractivity contribution >= 4 is 15.9 Å². The van der Waals surface area contributed by atoms with Crippen LogP contribution in [0.2, 0.25) is 0 Å². The van der Waals surface area contributed by atoms with Crippen LogP contribution in [-0.2, 0) is 5.33 Å². The number of ether oxygens (including phenoxy) is 2. The highest BCUT2D eigenvalue weighted by Crippen LogP contribution is 2.36. The molecular formula is C9H10BrF2NO2. The van der Waals surface area contributed by atoms with Crippen molar-refractivity contribution in [3.8, 4) is 11.5 Å². The first kappa shape index (κ1) is 12.2. The lowest BCUT2D eigenvalue weighted by molar-refractivity contribution is 0.140. The third-order valence-corrected chi connectivity index (χ3v) is 2.36. The first-order valence-electron chi connectivity index (χ1n) is 4.10. The molecule has 0 amide bonds. The Hall–Kier alpha value is -0.910. The maximum Gasteiger partial charge on any atom is 0.284 e. The SMILES string of the molecule is COc1cc(CBr)nc(C(F)F)c1OC. The maximum atomic E-state index is 12.6. The van der Waals surface area contributed by atoms with E-state index in [4.69, 9.17) is 9.47 Å². The van der Waals surface area contributed by atoms with E-state index in [1.54, 1.807) is 6.07 Å². The fraction of sp³-hybridized carbons (Fsp3) is 0.444. The Balaban J connectivity index is 3.32. The van der Waals surface area contributed by atoms with Crippen molar-refractivity contribution in [1.82, 2.24) is 4.98 Å². The van der Waals surface area contributed by atoms with E-state index < -0.39 is 12.1 Å². The minimum atomic E-state index is -2.69. The van der Waals surface area contributed by atoms with Crippen LogP contribution < -0.4 is 9.47 Å². The Morgan fingerprint density at radius 2 is 2.07 bits per heavy atom. The van der Waals surface area contributed by atoms with Gasteiger partial charge in [0.25, 0.3) is 6.43 Å². The summed E-state index contributed by atoms with van der Waals surface area (Å²) in [6.07, 6.45) is -2.69. The minimum absolute atomic E-state index is 0.0165. The number of nitrogens with zero attached hydrogens (tertiary/aromatic N) is 1. The van der Waals surface area contributed by atoms with Gasteiger partial charge in [-0.15, -0.1) is 0 Å². The van der Waals surface area contributed by atoms with Crippen molar-refractivity contribution in [1.29, 1.82) is 0 Å². The second-order valence-corrected chi connectivity index (χ2v) is 3.23. The average molecular weight is 282 g/mol. The highest BCUT2D eigenvalue weighted by Gasteiger charge is 2.21. The molecule has 0 bridgehead atoms. The first-order chi connectivity index (χ1) is 7.13. The predicted octanol–water partition coefficient (Wildman–Crippen LogP) is 2.93. The van der Waals surface area contributed by atoms with Gasteiger partial charge in [-0.2, -0.15) is 0 Å². The van der Waals surface area contributed by atoms with Gasteiger partial charge in [-0.3, -0.25) is 0 Å². The summed E-state index contributed by atoms with van der Waals surface area (Å²) in [4.78, 5) is 3.77. The summed E-state index contributed by atoms with van der Waals surface area (Å²) in [6, 6.07) is 1.56. The number of rotatable bonds is 4. The average Bonchev–Trinajstić information content (AvgIpc) is 2.26. The van der Waals surface area contributed by atoms with Crippen LogP contribution in [0.25, 0.3) is 0 Å². The molecule has 0 N–H and O–H groups in total. The van der Waals surface area contributed by atoms with Crippen LogP contribution in [0, 0.1) is 0 Å². The summed E-state index contributed by atoms with van der Waals surface area (Å²) in [5.74, 6) is 0.245. The van der Waals surface area contributed by atoms with E-state index in [0.29, 0.717) is 11.0 Å². The van der Waals surface area contributed by atoms with Crippen molar-refractivity contribution in [2.75, 3.05) is 14.2 Å². The molecule has 0 aromatic carbocycles. The summed E-state index contributed by atoms with van der Waals surface area (Å²) < 4.78 is 35.1. The zero-order valence-corrected chi connectivity index (χ0v) is 9.85. The van der Waals surface area contributed by atoms with Gasteiger partial charge in [0.2, 0.25) is 0 Å². The standard InChI is InChI=1S/C9H10BrF2NO2/c1-14-6-3-5(4-10)13-7(9(11)12)8(6)15-2/h3,9H,4H2,1-2H3. The monoisotopic (exact) mass is 281 g/mol. The van der Waals surface area contributed by atoms with Crippen LogP contribution in [0.4, 0.5) is 8.78 Å². The largest absolute Gasteiger partial charge is 0.493 e. The van der Waals surface area contributed by atoms with Crippen LogP contribution in [0.1, 0.15) is 17.8 Å². The summed E-state index contributed by atoms with van der Waals surface area (Å²) in [6.45, 7) is 0. The Kier molecular flexibility index (Phi) is 4.26. The normalized spacial score (nSPS) is 10.5. The quantitative estimate of drug-likeness (QED) is 0.796. The molecule has 0 atom stereocenters. The molecule has 0 fully saturated rings. The van der Waals surface area contributed by atoms with Crippen molar-refractivity contribution in [2.45, 2.75) is 11.8 Å². The molecule has 1 aromatic heterocycles. The summed E-state index contributed by atoms with van der Waals surface area (Å²) in [7, 11) is 2.70. The van der Waals surface area contributed by atoms with Crippen molar-refractivity contribution in [2.24, 2.45) is 0 Å². The molecular weight excluding hydrogens is 272 g/mol. The zero-order chi connectivity index (χ0) is 11.4. The number of methoxy groups -OCH3 is 2. The molecule has 0 spiro atoms. The van der Waals surface area contributed by atoms with Gasteiger partial charge in [0.15, 0.2) is 17.2 Å². The van der Waals surface area contributed by atoms with Crippen molar-refractivity contribution < 1.29 is 18.3 Å². The first-order valence-corrected chi connectivity index (χ1v) is 5.22. The van der Waals surface area contributed by atoms with Crippen LogP contribution >= 0.6 is 15.9 Å². The molecule has 15 heavy (non-hydrogen) atoms. The number of aromatic nitrogens is 1. The lowest BCUT2D eigenvalue weighted by Gasteiger charge is -2.12. The van der Waals surface area contributed by atoms with Gasteiger partial charge in [-0.25, -0.2) is 13.8 Å². The molecule has 1 aromatic rings. The van der Waals surface area contributed by atoms with Gasteiger partial charge in [0.1, 0.15) is 0 Å². The molecule has 1 rings (SSSR count). The Labute approximate surface area is 94.5 Å². The Bertz CT molecular complexity index is 347. The van der Waals surface area contributed by atoms with Crippen molar-refractivity contribution in [3.05, 3.63) is 17.5 Å². The molecule has 3 nitrogen and oxygen atoms in total. The van der Waals surface area contributed by atoms with E-state index in [1.165, 1.54) is 14.2 Å². The molecule has 6 heteroatoms. The molecule has 0 unspecified atom stereocenters. The number of hydrogen-bond donors (Lipinski definition) is 0. The molecule has 0 aliphatic rings. The van der Waals surface area contributed by atoms with Crippen LogP contribution in [-0.4, -0.2) is 19.2 Å². The van der Waals surface area contributed by atoms with Gasteiger partial charge < -0.3 is 9.47 Å². The molecule has 0 saturated heterocycles. The van der Waals surface area contributed by atoms with E-state index in [0.717, 1.165) is 0 Å². The third kappa shape index (κ3) is 2.56. The molecule has 1 heterocycles. The molecule has 0 radical (unpaired) electrons. The Morgan fingerprint density at radius 1 is 1.40 bits per heavy atom. The topological polar surface area (TPSA) is 31.4 Å². The number of hydrogen-bond acceptors (Lipinski definition) is 3. The smallest absolute Gasteiger partial charge is 0.284 e. The fourth-order valence-corrected chi connectivity index (χ4v) is 1.44. The van der Waals surface area contributed by atoms with Gasteiger partial charge in [-0.1, -0.05) is 15.9 Å². The predicted molar refractivity (Wildman–Crippen MR) is 54.9 cm³/mol. The number of alkyl halides is 3. The minimum Gasteiger partial charge on any atom is -0.493 e. The van der Waals surface area contributed by atoms with Gasteiger partial charge in [-0.05, 0) is 0 Å². The summed E-state index contributed by atoms with van der Waals surface area (Å²) in [5, 5.41) is 0.382. The lowest BCUT2D eigenvalue weighted by atomic mass is 10.2. The van der Waals surface area contributed by atoms with Gasteiger partial charge >= 0.3 is 0 Å². The third-order valence-electron chi connectivity index (χ3n) is 1.79. The van der Waals surface area contributed by atoms with Crippen molar-refractivity contribution in [3.63, 3.8) is 0 Å². The highest BCUT2D eigenvalue weighted by molar-refractivity contribution is 9.08. The molecule has 0 aliphatic heterocycles. The second kappa shape index (κ2) is 5.25. The number of halogens is 3. The fourth-order valence-electron chi connectivity index (χ4n) is 1.15.